The van der Waals surface area contributed by atoms with Crippen LogP contribution in [0.2, 0.25) is 0 Å². The number of benzene rings is 1. The number of aromatic nitrogens is 1. The van der Waals surface area contributed by atoms with Gasteiger partial charge in [-0.1, -0.05) is 0 Å². The van der Waals surface area contributed by atoms with Crippen molar-refractivity contribution < 1.29 is 19.8 Å². The van der Waals surface area contributed by atoms with E-state index in [1.807, 2.05) is 0 Å². The van der Waals surface area contributed by atoms with E-state index in [9.17, 15) is 14.7 Å². The van der Waals surface area contributed by atoms with Crippen molar-refractivity contribution in [2.24, 2.45) is 4.99 Å². The number of ketones is 1. The number of aliphatic carboxylic acids is 1. The van der Waals surface area contributed by atoms with Crippen LogP contribution in [0, 0.1) is 0 Å². The molecule has 108 valence electrons. The molecule has 1 unspecified atom stereocenters. The molecule has 2 aromatic rings. The van der Waals surface area contributed by atoms with Gasteiger partial charge in [-0.05, 0) is 18.2 Å². The molecule has 0 radical (unpaired) electrons. The van der Waals surface area contributed by atoms with E-state index in [-0.39, 0.29) is 18.0 Å². The van der Waals surface area contributed by atoms with Gasteiger partial charge in [0.05, 0.1) is 21.7 Å². The number of carboxylic acids is 1. The van der Waals surface area contributed by atoms with Crippen molar-refractivity contribution in [3.05, 3.63) is 23.2 Å². The number of phenolic OH excluding ortho intramolecular Hbond substituents is 1. The molecule has 0 bridgehead atoms. The monoisotopic (exact) mass is 322 g/mol. The lowest BCUT2D eigenvalue weighted by Gasteiger charge is -1.95. The number of carboxylic acid groups (broad SMARTS) is 1. The van der Waals surface area contributed by atoms with Gasteiger partial charge in [-0.15, -0.1) is 23.1 Å². The maximum absolute atomic E-state index is 12.2. The quantitative estimate of drug-likeness (QED) is 0.837. The zero-order chi connectivity index (χ0) is 15.0. The van der Waals surface area contributed by atoms with Crippen LogP contribution in [0.1, 0.15) is 16.2 Å². The second kappa shape index (κ2) is 5.45. The second-order valence-electron chi connectivity index (χ2n) is 4.46. The Morgan fingerprint density at radius 2 is 2.19 bits per heavy atom. The Morgan fingerprint density at radius 1 is 1.38 bits per heavy atom. The summed E-state index contributed by atoms with van der Waals surface area (Å²) in [6, 6.07) is 3.97. The minimum absolute atomic E-state index is 0.0697. The Bertz CT molecular complexity index is 769. The van der Waals surface area contributed by atoms with E-state index in [2.05, 4.69) is 9.98 Å². The van der Waals surface area contributed by atoms with E-state index < -0.39 is 12.0 Å². The summed E-state index contributed by atoms with van der Waals surface area (Å²) in [4.78, 5) is 31.2. The lowest BCUT2D eigenvalue weighted by atomic mass is 10.3. The number of phenols is 1. The Balaban J connectivity index is 1.78. The Morgan fingerprint density at radius 3 is 2.90 bits per heavy atom. The van der Waals surface area contributed by atoms with Crippen LogP contribution >= 0.6 is 23.1 Å². The third kappa shape index (κ3) is 2.91. The molecule has 0 saturated carbocycles. The molecule has 2 N–H and O–H groups in total. The number of thiazole rings is 1. The highest BCUT2D eigenvalue weighted by Gasteiger charge is 2.26. The molecule has 21 heavy (non-hydrogen) atoms. The fraction of sp³-hybridized carbons (Fsp3) is 0.231. The first-order valence-electron chi connectivity index (χ1n) is 6.08. The number of hydrogen-bond acceptors (Lipinski definition) is 7. The number of fused-ring (bicyclic) bond motifs is 1. The van der Waals surface area contributed by atoms with E-state index in [4.69, 9.17) is 5.11 Å². The molecule has 3 rings (SSSR count). The van der Waals surface area contributed by atoms with Crippen molar-refractivity contribution in [1.82, 2.24) is 4.98 Å². The third-order valence-corrected chi connectivity index (χ3v) is 5.04. The Labute approximate surface area is 127 Å². The average molecular weight is 322 g/mol. The normalized spacial score (nSPS) is 17.9. The van der Waals surface area contributed by atoms with Crippen LogP contribution in [0.4, 0.5) is 0 Å². The number of carbonyl (C=O) groups is 2. The predicted octanol–water partition coefficient (Wildman–Crippen LogP) is 2.17. The molecule has 0 spiro atoms. The SMILES string of the molecule is O=C(CC1=NC(C(=O)O)CS1)c1nc2ccc(O)cc2s1. The zero-order valence-electron chi connectivity index (χ0n) is 10.6. The summed E-state index contributed by atoms with van der Waals surface area (Å²) >= 11 is 2.51. The van der Waals surface area contributed by atoms with Gasteiger partial charge in [0.25, 0.3) is 0 Å². The molecule has 2 heterocycles. The molecule has 8 heteroatoms. The molecule has 1 aliphatic heterocycles. The lowest BCUT2D eigenvalue weighted by molar-refractivity contribution is -0.137. The number of rotatable bonds is 4. The fourth-order valence-electron chi connectivity index (χ4n) is 1.89. The molecule has 0 amide bonds. The lowest BCUT2D eigenvalue weighted by Crippen LogP contribution is -2.17. The Hall–Kier alpha value is -1.93. The summed E-state index contributed by atoms with van der Waals surface area (Å²) in [7, 11) is 0. The molecular formula is C13H10N2O4S2. The summed E-state index contributed by atoms with van der Waals surface area (Å²) < 4.78 is 0.739. The van der Waals surface area contributed by atoms with Crippen LogP contribution in [0.15, 0.2) is 23.2 Å². The summed E-state index contributed by atoms with van der Waals surface area (Å²) in [5.41, 5.74) is 0.658. The van der Waals surface area contributed by atoms with Gasteiger partial charge in [-0.3, -0.25) is 9.79 Å². The summed E-state index contributed by atoms with van der Waals surface area (Å²) in [6.45, 7) is 0. The van der Waals surface area contributed by atoms with Crippen molar-refractivity contribution in [3.8, 4) is 5.75 Å². The number of aliphatic imine (C=N–C) groups is 1. The summed E-state index contributed by atoms with van der Waals surface area (Å²) in [5, 5.41) is 19.2. The van der Waals surface area contributed by atoms with Crippen molar-refractivity contribution in [2.45, 2.75) is 12.5 Å². The molecule has 0 fully saturated rings. The fourth-order valence-corrected chi connectivity index (χ4v) is 3.83. The summed E-state index contributed by atoms with van der Waals surface area (Å²) in [5.74, 6) is -0.662. The predicted molar refractivity (Wildman–Crippen MR) is 81.5 cm³/mol. The van der Waals surface area contributed by atoms with Crippen LogP contribution in [-0.2, 0) is 4.79 Å². The van der Waals surface area contributed by atoms with Gasteiger partial charge in [0.2, 0.25) is 0 Å². The standard InChI is InChI=1S/C13H10N2O4S2/c16-6-1-2-7-10(3-6)21-12(15-7)9(17)4-11-14-8(5-20-11)13(18)19/h1-3,8,16H,4-5H2,(H,18,19). The van der Waals surface area contributed by atoms with E-state index >= 15 is 0 Å². The first-order chi connectivity index (χ1) is 10.0. The maximum atomic E-state index is 12.2. The van der Waals surface area contributed by atoms with Gasteiger partial charge in [-0.2, -0.15) is 0 Å². The second-order valence-corrected chi connectivity index (χ2v) is 6.58. The first kappa shape index (κ1) is 14.0. The molecule has 0 saturated heterocycles. The minimum atomic E-state index is -0.972. The number of Topliss-reactive ketones (excluding diaryl/α,β-unsaturated/α-hetero) is 1. The van der Waals surface area contributed by atoms with E-state index in [0.29, 0.717) is 21.3 Å². The van der Waals surface area contributed by atoms with Gasteiger partial charge in [0.15, 0.2) is 16.8 Å². The molecular weight excluding hydrogens is 312 g/mol. The number of carbonyl (C=O) groups excluding carboxylic acids is 1. The van der Waals surface area contributed by atoms with Gasteiger partial charge >= 0.3 is 5.97 Å². The van der Waals surface area contributed by atoms with E-state index in [1.165, 1.54) is 29.2 Å². The highest BCUT2D eigenvalue weighted by molar-refractivity contribution is 8.14. The van der Waals surface area contributed by atoms with Crippen LogP contribution < -0.4 is 0 Å². The van der Waals surface area contributed by atoms with Crippen molar-refractivity contribution in [2.75, 3.05) is 5.75 Å². The minimum Gasteiger partial charge on any atom is -0.508 e. The molecule has 6 nitrogen and oxygen atoms in total. The molecule has 1 aliphatic rings. The largest absolute Gasteiger partial charge is 0.508 e. The van der Waals surface area contributed by atoms with Crippen molar-refractivity contribution in [1.29, 1.82) is 0 Å². The number of aromatic hydroxyl groups is 1. The van der Waals surface area contributed by atoms with Crippen LogP contribution in [-0.4, -0.2) is 43.8 Å². The highest BCUT2D eigenvalue weighted by Crippen LogP contribution is 2.28. The van der Waals surface area contributed by atoms with Crippen LogP contribution in [0.25, 0.3) is 10.2 Å². The Kier molecular flexibility index (Phi) is 3.64. The molecule has 1 aromatic carbocycles. The average Bonchev–Trinajstić information content (AvgIpc) is 3.04. The van der Waals surface area contributed by atoms with Crippen molar-refractivity contribution >= 4 is 50.1 Å². The van der Waals surface area contributed by atoms with E-state index in [0.717, 1.165) is 4.70 Å². The number of hydrogen-bond donors (Lipinski definition) is 2. The number of thioether (sulfide) groups is 1. The van der Waals surface area contributed by atoms with E-state index in [1.54, 1.807) is 12.1 Å². The van der Waals surface area contributed by atoms with Gasteiger partial charge < -0.3 is 10.2 Å². The molecule has 1 aromatic heterocycles. The van der Waals surface area contributed by atoms with Gasteiger partial charge in [0, 0.05) is 5.75 Å². The molecule has 1 atom stereocenters. The highest BCUT2D eigenvalue weighted by atomic mass is 32.2. The zero-order valence-corrected chi connectivity index (χ0v) is 12.3. The third-order valence-electron chi connectivity index (χ3n) is 2.92. The molecule has 0 aliphatic carbocycles. The topological polar surface area (TPSA) is 99.9 Å². The van der Waals surface area contributed by atoms with Gasteiger partial charge in [-0.25, -0.2) is 9.78 Å². The van der Waals surface area contributed by atoms with Crippen molar-refractivity contribution in [3.63, 3.8) is 0 Å². The van der Waals surface area contributed by atoms with Gasteiger partial charge in [0.1, 0.15) is 5.75 Å². The first-order valence-corrected chi connectivity index (χ1v) is 7.88. The van der Waals surface area contributed by atoms with Crippen LogP contribution in [0.5, 0.6) is 5.75 Å². The smallest absolute Gasteiger partial charge is 0.329 e. The van der Waals surface area contributed by atoms with Crippen LogP contribution in [0.3, 0.4) is 0 Å². The summed E-state index contributed by atoms with van der Waals surface area (Å²) in [6.07, 6.45) is 0.0697. The number of nitrogens with zero attached hydrogens (tertiary/aromatic N) is 2. The maximum Gasteiger partial charge on any atom is 0.329 e.